The second-order valence-electron chi connectivity index (χ2n) is 2.96. The third kappa shape index (κ3) is 3.97. The van der Waals surface area contributed by atoms with Gasteiger partial charge in [0.05, 0.1) is 6.61 Å². The van der Waals surface area contributed by atoms with E-state index in [4.69, 9.17) is 16.0 Å². The Morgan fingerprint density at radius 1 is 1.72 bits per heavy atom. The van der Waals surface area contributed by atoms with Crippen LogP contribution in [0.3, 0.4) is 0 Å². The summed E-state index contributed by atoms with van der Waals surface area (Å²) in [5, 5.41) is 3.61. The second-order valence-corrected chi connectivity index (χ2v) is 3.99. The highest BCUT2D eigenvalue weighted by molar-refractivity contribution is 7.16. The van der Waals surface area contributed by atoms with Gasteiger partial charge in [0.15, 0.2) is 10.8 Å². The Hall–Kier alpha value is -2.23. The van der Waals surface area contributed by atoms with Crippen molar-refractivity contribution in [3.63, 3.8) is 0 Å². The largest absolute Gasteiger partial charge is 0.461 e. The maximum atomic E-state index is 11.5. The predicted molar refractivity (Wildman–Crippen MR) is 68.0 cm³/mol. The molecule has 0 aliphatic rings. The molecular formula is C10H11N5O2S. The Labute approximate surface area is 108 Å². The number of nitrogen functional groups attached to an aromatic ring is 1. The van der Waals surface area contributed by atoms with Gasteiger partial charge in [-0.1, -0.05) is 28.3 Å². The number of thiazole rings is 1. The monoisotopic (exact) mass is 265 g/mol. The summed E-state index contributed by atoms with van der Waals surface area (Å²) in [6, 6.07) is 0. The van der Waals surface area contributed by atoms with Gasteiger partial charge in [-0.15, -0.1) is 0 Å². The van der Waals surface area contributed by atoms with Crippen LogP contribution >= 0.6 is 11.3 Å². The van der Waals surface area contributed by atoms with E-state index in [2.05, 4.69) is 26.9 Å². The molecule has 0 radical (unpaired) electrons. The van der Waals surface area contributed by atoms with Crippen LogP contribution in [0.4, 0.5) is 5.13 Å². The van der Waals surface area contributed by atoms with Crippen LogP contribution in [0.15, 0.2) is 5.11 Å². The number of nitrogens with two attached hydrogens (primary N) is 1. The number of hydrogen-bond donors (Lipinski definition) is 1. The van der Waals surface area contributed by atoms with Crippen molar-refractivity contribution in [1.82, 2.24) is 4.98 Å². The summed E-state index contributed by atoms with van der Waals surface area (Å²) < 4.78 is 4.84. The minimum atomic E-state index is -0.537. The van der Waals surface area contributed by atoms with Crippen molar-refractivity contribution >= 4 is 22.4 Å². The lowest BCUT2D eigenvalue weighted by Gasteiger charge is -1.97. The zero-order valence-corrected chi connectivity index (χ0v) is 10.5. The number of rotatable bonds is 4. The molecule has 0 amide bonds. The van der Waals surface area contributed by atoms with E-state index in [1.807, 2.05) is 0 Å². The van der Waals surface area contributed by atoms with Crippen molar-refractivity contribution in [3.8, 4) is 11.8 Å². The molecule has 1 aromatic rings. The Balaban J connectivity index is 2.81. The van der Waals surface area contributed by atoms with Gasteiger partial charge in [0, 0.05) is 17.9 Å². The summed E-state index contributed by atoms with van der Waals surface area (Å²) >= 11 is 1.12. The molecule has 0 bridgehead atoms. The molecule has 0 saturated heterocycles. The number of hydrogen-bond acceptors (Lipinski definition) is 6. The van der Waals surface area contributed by atoms with Crippen molar-refractivity contribution in [2.24, 2.45) is 5.11 Å². The quantitative estimate of drug-likeness (QED) is 0.224. The summed E-state index contributed by atoms with van der Waals surface area (Å²) in [6.07, 6.45) is 0.407. The molecule has 0 fully saturated rings. The van der Waals surface area contributed by atoms with Crippen LogP contribution in [-0.4, -0.2) is 24.1 Å². The van der Waals surface area contributed by atoms with E-state index in [0.717, 1.165) is 11.3 Å². The molecule has 1 aromatic heterocycles. The first-order valence-corrected chi connectivity index (χ1v) is 5.93. The summed E-state index contributed by atoms with van der Waals surface area (Å²) in [7, 11) is 0. The minimum absolute atomic E-state index is 0.135. The number of anilines is 1. The molecule has 94 valence electrons. The number of ether oxygens (including phenoxy) is 1. The third-order valence-electron chi connectivity index (χ3n) is 1.71. The molecular weight excluding hydrogens is 254 g/mol. The highest BCUT2D eigenvalue weighted by Gasteiger charge is 2.16. The zero-order valence-electron chi connectivity index (χ0n) is 9.71. The van der Waals surface area contributed by atoms with Gasteiger partial charge in [-0.2, -0.15) is 0 Å². The number of esters is 1. The van der Waals surface area contributed by atoms with E-state index < -0.39 is 5.97 Å². The van der Waals surface area contributed by atoms with Gasteiger partial charge >= 0.3 is 5.97 Å². The molecule has 0 aliphatic carbocycles. The van der Waals surface area contributed by atoms with E-state index in [-0.39, 0.29) is 24.0 Å². The number of aromatic nitrogens is 1. The second kappa shape index (κ2) is 7.17. The molecule has 0 atom stereocenters. The lowest BCUT2D eigenvalue weighted by molar-refractivity contribution is 0.0520. The topological polar surface area (TPSA) is 114 Å². The number of nitrogens with zero attached hydrogens (tertiary/aromatic N) is 4. The van der Waals surface area contributed by atoms with Crippen LogP contribution in [0.2, 0.25) is 0 Å². The van der Waals surface area contributed by atoms with Crippen LogP contribution in [0.25, 0.3) is 10.4 Å². The first kappa shape index (κ1) is 13.8. The van der Waals surface area contributed by atoms with Gasteiger partial charge < -0.3 is 10.5 Å². The van der Waals surface area contributed by atoms with Crippen LogP contribution in [0.1, 0.15) is 28.7 Å². The molecule has 1 heterocycles. The Morgan fingerprint density at radius 2 is 2.50 bits per heavy atom. The third-order valence-corrected chi connectivity index (χ3v) is 2.51. The smallest absolute Gasteiger partial charge is 0.359 e. The zero-order chi connectivity index (χ0) is 13.4. The van der Waals surface area contributed by atoms with Crippen LogP contribution in [0, 0.1) is 11.8 Å². The molecule has 1 rings (SSSR count). The lowest BCUT2D eigenvalue weighted by Crippen LogP contribution is -2.06. The minimum Gasteiger partial charge on any atom is -0.461 e. The highest BCUT2D eigenvalue weighted by Crippen LogP contribution is 2.20. The molecule has 0 aromatic carbocycles. The maximum absolute atomic E-state index is 11.5. The van der Waals surface area contributed by atoms with Gasteiger partial charge in [-0.25, -0.2) is 9.78 Å². The summed E-state index contributed by atoms with van der Waals surface area (Å²) in [4.78, 5) is 18.5. The fraction of sp³-hybridized carbons (Fsp3) is 0.400. The average molecular weight is 265 g/mol. The summed E-state index contributed by atoms with van der Waals surface area (Å²) in [5.41, 5.74) is 13.8. The van der Waals surface area contributed by atoms with Crippen molar-refractivity contribution in [3.05, 3.63) is 21.0 Å². The van der Waals surface area contributed by atoms with Crippen molar-refractivity contribution in [2.75, 3.05) is 18.9 Å². The average Bonchev–Trinajstić information content (AvgIpc) is 2.71. The molecule has 2 N–H and O–H groups in total. The standard InChI is InChI=1S/C10H11N5O2S/c1-2-17-9(16)8-7(18-10(11)14-8)5-3-4-6-13-15-12/h2,4,6H2,1H3,(H2,11,14). The van der Waals surface area contributed by atoms with Crippen molar-refractivity contribution < 1.29 is 9.53 Å². The maximum Gasteiger partial charge on any atom is 0.359 e. The summed E-state index contributed by atoms with van der Waals surface area (Å²) in [6.45, 7) is 2.26. The van der Waals surface area contributed by atoms with Crippen molar-refractivity contribution in [1.29, 1.82) is 0 Å². The SMILES string of the molecule is CCOC(=O)c1nc(N)sc1C#CCCN=[N+]=[N-]. The van der Waals surface area contributed by atoms with E-state index in [9.17, 15) is 4.79 Å². The first-order valence-electron chi connectivity index (χ1n) is 5.12. The first-order chi connectivity index (χ1) is 8.69. The Bertz CT molecular complexity index is 536. The van der Waals surface area contributed by atoms with Gasteiger partial charge in [-0.3, -0.25) is 0 Å². The Morgan fingerprint density at radius 3 is 3.17 bits per heavy atom. The van der Waals surface area contributed by atoms with Crippen LogP contribution in [-0.2, 0) is 4.74 Å². The Kier molecular flexibility index (Phi) is 5.51. The fourth-order valence-electron chi connectivity index (χ4n) is 1.05. The van der Waals surface area contributed by atoms with E-state index in [1.54, 1.807) is 6.92 Å². The normalized spacial score (nSPS) is 8.94. The number of carbonyl (C=O) groups excluding carboxylic acids is 1. The number of azide groups is 1. The van der Waals surface area contributed by atoms with Gasteiger partial charge in [0.2, 0.25) is 0 Å². The molecule has 0 aliphatic heterocycles. The van der Waals surface area contributed by atoms with Gasteiger partial charge in [-0.05, 0) is 12.5 Å². The number of carbonyl (C=O) groups is 1. The molecule has 0 unspecified atom stereocenters. The fourth-order valence-corrected chi connectivity index (χ4v) is 1.75. The van der Waals surface area contributed by atoms with Crippen LogP contribution in [0.5, 0.6) is 0 Å². The summed E-state index contributed by atoms with van der Waals surface area (Å²) in [5.74, 6) is 5.02. The van der Waals surface area contributed by atoms with Gasteiger partial charge in [0.1, 0.15) is 4.88 Å². The van der Waals surface area contributed by atoms with E-state index in [0.29, 0.717) is 11.3 Å². The highest BCUT2D eigenvalue weighted by atomic mass is 32.1. The van der Waals surface area contributed by atoms with Crippen molar-refractivity contribution in [2.45, 2.75) is 13.3 Å². The van der Waals surface area contributed by atoms with Crippen LogP contribution < -0.4 is 5.73 Å². The lowest BCUT2D eigenvalue weighted by atomic mass is 10.3. The van der Waals surface area contributed by atoms with Gasteiger partial charge in [0.25, 0.3) is 0 Å². The molecule has 7 nitrogen and oxygen atoms in total. The van der Waals surface area contributed by atoms with E-state index >= 15 is 0 Å². The molecule has 0 spiro atoms. The molecule has 18 heavy (non-hydrogen) atoms. The predicted octanol–water partition coefficient (Wildman–Crippen LogP) is 1.95. The molecule has 8 heteroatoms. The molecule has 0 saturated carbocycles. The van der Waals surface area contributed by atoms with E-state index in [1.165, 1.54) is 0 Å².